The van der Waals surface area contributed by atoms with Crippen LogP contribution in [0.2, 0.25) is 0 Å². The number of nitrogens with one attached hydrogen (secondary N) is 1. The summed E-state index contributed by atoms with van der Waals surface area (Å²) in [4.78, 5) is 8.46. The monoisotopic (exact) mass is 330 g/mol. The van der Waals surface area contributed by atoms with E-state index in [1.165, 1.54) is 11.1 Å². The van der Waals surface area contributed by atoms with Crippen molar-refractivity contribution in [3.8, 4) is 0 Å². The number of aryl methyl sites for hydroxylation is 2. The van der Waals surface area contributed by atoms with E-state index in [4.69, 9.17) is 0 Å². The third-order valence-electron chi connectivity index (χ3n) is 3.66. The van der Waals surface area contributed by atoms with Crippen molar-refractivity contribution in [2.45, 2.75) is 54.5 Å². The summed E-state index contributed by atoms with van der Waals surface area (Å²) in [6.45, 7) is 14.1. The molecule has 3 heterocycles. The maximum atomic E-state index is 4.31. The topological polar surface area (TPSA) is 58.9 Å². The van der Waals surface area contributed by atoms with Gasteiger partial charge in [0, 0.05) is 24.5 Å². The van der Waals surface area contributed by atoms with Crippen LogP contribution in [0.3, 0.4) is 0 Å². The van der Waals surface area contributed by atoms with Crippen LogP contribution in [0.25, 0.3) is 5.57 Å². The molecule has 1 aliphatic rings. The van der Waals surface area contributed by atoms with Gasteiger partial charge in [0.1, 0.15) is 5.82 Å². The molecule has 132 valence electrons. The van der Waals surface area contributed by atoms with Gasteiger partial charge in [-0.05, 0) is 26.3 Å². The molecule has 6 heteroatoms. The molecule has 0 bridgehead atoms. The van der Waals surface area contributed by atoms with E-state index >= 15 is 0 Å². The van der Waals surface area contributed by atoms with Crippen LogP contribution >= 0.6 is 0 Å². The Kier molecular flexibility index (Phi) is 7.58. The molecule has 3 rings (SSSR count). The molecule has 0 saturated carbocycles. The first-order valence-corrected chi connectivity index (χ1v) is 8.61. The second kappa shape index (κ2) is 9.17. The van der Waals surface area contributed by atoms with Crippen molar-refractivity contribution in [3.05, 3.63) is 41.9 Å². The number of anilines is 1. The van der Waals surface area contributed by atoms with E-state index in [1.54, 1.807) is 0 Å². The van der Waals surface area contributed by atoms with Crippen LogP contribution in [-0.4, -0.2) is 25.8 Å². The third-order valence-corrected chi connectivity index (χ3v) is 3.66. The minimum Gasteiger partial charge on any atom is -0.280 e. The molecule has 2 aromatic rings. The first-order valence-electron chi connectivity index (χ1n) is 8.61. The van der Waals surface area contributed by atoms with Gasteiger partial charge in [-0.25, -0.2) is 15.4 Å². The Balaban J connectivity index is 0.000000671. The summed E-state index contributed by atoms with van der Waals surface area (Å²) >= 11 is 0. The molecule has 1 aliphatic heterocycles. The van der Waals surface area contributed by atoms with Crippen LogP contribution in [0.4, 0.5) is 5.69 Å². The van der Waals surface area contributed by atoms with Crippen molar-refractivity contribution < 1.29 is 0 Å². The lowest BCUT2D eigenvalue weighted by atomic mass is 10.0. The van der Waals surface area contributed by atoms with E-state index in [2.05, 4.69) is 40.5 Å². The smallest absolute Gasteiger partial charge is 0.125 e. The Morgan fingerprint density at radius 1 is 1.00 bits per heavy atom. The van der Waals surface area contributed by atoms with Gasteiger partial charge in [-0.3, -0.25) is 9.69 Å². The van der Waals surface area contributed by atoms with E-state index in [1.807, 2.05) is 69.9 Å². The lowest BCUT2D eigenvalue weighted by Crippen LogP contribution is -2.34. The van der Waals surface area contributed by atoms with Gasteiger partial charge < -0.3 is 0 Å². The Bertz CT molecular complexity index is 657. The van der Waals surface area contributed by atoms with E-state index in [9.17, 15) is 0 Å². The number of hydrogen-bond donors (Lipinski definition) is 1. The average Bonchev–Trinajstić information content (AvgIpc) is 3.15. The van der Waals surface area contributed by atoms with Gasteiger partial charge in [-0.2, -0.15) is 5.10 Å². The zero-order valence-electron chi connectivity index (χ0n) is 16.1. The van der Waals surface area contributed by atoms with Crippen molar-refractivity contribution >= 4 is 11.3 Å². The quantitative estimate of drug-likeness (QED) is 0.911. The predicted molar refractivity (Wildman–Crippen MR) is 100 cm³/mol. The zero-order chi connectivity index (χ0) is 18.3. The third kappa shape index (κ3) is 4.20. The molecule has 0 aliphatic carbocycles. The Morgan fingerprint density at radius 2 is 1.58 bits per heavy atom. The number of hydrazine groups is 1. The highest BCUT2D eigenvalue weighted by Crippen LogP contribution is 2.28. The lowest BCUT2D eigenvalue weighted by Gasteiger charge is -2.17. The van der Waals surface area contributed by atoms with Crippen molar-refractivity contribution in [2.75, 3.05) is 5.01 Å². The molecule has 0 fully saturated rings. The van der Waals surface area contributed by atoms with Crippen LogP contribution in [0.5, 0.6) is 0 Å². The van der Waals surface area contributed by atoms with Crippen LogP contribution in [0.1, 0.15) is 51.7 Å². The molecule has 2 aromatic heterocycles. The van der Waals surface area contributed by atoms with Gasteiger partial charge >= 0.3 is 0 Å². The molecule has 6 nitrogen and oxygen atoms in total. The minimum atomic E-state index is 0.221. The maximum absolute atomic E-state index is 4.31. The fourth-order valence-corrected chi connectivity index (χ4v) is 2.31. The lowest BCUT2D eigenvalue weighted by molar-refractivity contribution is 0.687. The Hall–Kier alpha value is -2.21. The van der Waals surface area contributed by atoms with Gasteiger partial charge in [0.2, 0.25) is 0 Å². The van der Waals surface area contributed by atoms with E-state index in [0.717, 1.165) is 17.2 Å². The van der Waals surface area contributed by atoms with Gasteiger partial charge in [0.05, 0.1) is 30.3 Å². The molecule has 0 saturated heterocycles. The molecular weight excluding hydrogens is 300 g/mol. The van der Waals surface area contributed by atoms with Crippen LogP contribution < -0.4 is 10.4 Å². The van der Waals surface area contributed by atoms with Crippen molar-refractivity contribution in [2.24, 2.45) is 7.05 Å². The van der Waals surface area contributed by atoms with E-state index in [-0.39, 0.29) is 6.04 Å². The van der Waals surface area contributed by atoms with Crippen LogP contribution in [-0.2, 0) is 7.05 Å². The van der Waals surface area contributed by atoms with Gasteiger partial charge in [0.25, 0.3) is 0 Å². The first-order chi connectivity index (χ1) is 11.6. The van der Waals surface area contributed by atoms with Gasteiger partial charge in [-0.1, -0.05) is 27.7 Å². The fraction of sp³-hybridized carbons (Fsp3) is 0.500. The number of aromatic nitrogens is 4. The standard InChI is InChI=1S/C14H18N6.2C2H6/c1-9-14(13-7-17-19(4)10(13)2)8-20(18-9)12-5-15-11(3)16-6-12;2*1-2/h5-9,18H,1-4H3;2*1-2H3. The molecule has 1 N–H and O–H groups in total. The molecule has 0 amide bonds. The molecule has 0 aromatic carbocycles. The number of hydrogen-bond acceptors (Lipinski definition) is 5. The summed E-state index contributed by atoms with van der Waals surface area (Å²) in [5, 5.41) is 6.27. The summed E-state index contributed by atoms with van der Waals surface area (Å²) in [5.74, 6) is 0.772. The van der Waals surface area contributed by atoms with Crippen molar-refractivity contribution in [3.63, 3.8) is 0 Å². The summed E-state index contributed by atoms with van der Waals surface area (Å²) in [6.07, 6.45) is 7.63. The second-order valence-corrected chi connectivity index (χ2v) is 5.06. The van der Waals surface area contributed by atoms with Crippen LogP contribution in [0, 0.1) is 13.8 Å². The largest absolute Gasteiger partial charge is 0.280 e. The summed E-state index contributed by atoms with van der Waals surface area (Å²) < 4.78 is 1.89. The summed E-state index contributed by atoms with van der Waals surface area (Å²) in [5.41, 5.74) is 7.88. The molecular formula is C18H30N6. The van der Waals surface area contributed by atoms with E-state index in [0.29, 0.717) is 0 Å². The molecule has 0 spiro atoms. The Labute approximate surface area is 145 Å². The van der Waals surface area contributed by atoms with Crippen LogP contribution in [0.15, 0.2) is 24.8 Å². The highest BCUT2D eigenvalue weighted by Gasteiger charge is 2.24. The minimum absolute atomic E-state index is 0.221. The maximum Gasteiger partial charge on any atom is 0.125 e. The Morgan fingerprint density at radius 3 is 2.08 bits per heavy atom. The van der Waals surface area contributed by atoms with Crippen molar-refractivity contribution in [1.82, 2.24) is 25.2 Å². The van der Waals surface area contributed by atoms with Crippen molar-refractivity contribution in [1.29, 1.82) is 0 Å². The highest BCUT2D eigenvalue weighted by atomic mass is 15.5. The molecule has 1 unspecified atom stereocenters. The van der Waals surface area contributed by atoms with Gasteiger partial charge in [-0.15, -0.1) is 0 Å². The fourth-order valence-electron chi connectivity index (χ4n) is 2.31. The summed E-state index contributed by atoms with van der Waals surface area (Å²) in [7, 11) is 1.96. The predicted octanol–water partition coefficient (Wildman–Crippen LogP) is 3.63. The average molecular weight is 330 g/mol. The highest BCUT2D eigenvalue weighted by molar-refractivity contribution is 5.75. The normalized spacial score (nSPS) is 15.9. The van der Waals surface area contributed by atoms with Gasteiger partial charge in [0.15, 0.2) is 0 Å². The summed E-state index contributed by atoms with van der Waals surface area (Å²) in [6, 6.07) is 0.221. The van der Waals surface area contributed by atoms with E-state index < -0.39 is 0 Å². The first kappa shape index (κ1) is 19.8. The molecule has 1 atom stereocenters. The molecule has 24 heavy (non-hydrogen) atoms. The second-order valence-electron chi connectivity index (χ2n) is 5.06. The number of rotatable bonds is 2. The zero-order valence-corrected chi connectivity index (χ0v) is 16.1. The SMILES string of the molecule is CC.CC.Cc1ncc(N2C=C(c3cnn(C)c3C)C(C)N2)cn1. The molecule has 0 radical (unpaired) electrons. The number of nitrogens with zero attached hydrogens (tertiary/aromatic N) is 5.